The van der Waals surface area contributed by atoms with Crippen LogP contribution in [0.15, 0.2) is 24.3 Å². The molecule has 0 heterocycles. The second kappa shape index (κ2) is 5.40. The van der Waals surface area contributed by atoms with Crippen LogP contribution in [0.2, 0.25) is 0 Å². The zero-order valence-corrected chi connectivity index (χ0v) is 8.19. The van der Waals surface area contributed by atoms with Crippen LogP contribution in [-0.4, -0.2) is 17.7 Å². The van der Waals surface area contributed by atoms with Crippen LogP contribution in [0.5, 0.6) is 0 Å². The number of aliphatic hydroxyl groups excluding tert-OH is 1. The number of hydrogen-bond acceptors (Lipinski definition) is 3. The molecule has 1 aromatic carbocycles. The molecule has 14 heavy (non-hydrogen) atoms. The number of carbonyl (C=O) groups excluding carboxylic acids is 1. The summed E-state index contributed by atoms with van der Waals surface area (Å²) in [4.78, 5) is 11.4. The molecule has 0 amide bonds. The van der Waals surface area contributed by atoms with Crippen molar-refractivity contribution < 1.29 is 14.6 Å². The Kier molecular flexibility index (Phi) is 4.13. The second-order valence-electron chi connectivity index (χ2n) is 2.99. The Morgan fingerprint density at radius 1 is 1.50 bits per heavy atom. The predicted molar refractivity (Wildman–Crippen MR) is 52.9 cm³/mol. The van der Waals surface area contributed by atoms with Crippen LogP contribution in [0.4, 0.5) is 0 Å². The predicted octanol–water partition coefficient (Wildman–Crippen LogP) is 1.75. The first kappa shape index (κ1) is 10.7. The van der Waals surface area contributed by atoms with Gasteiger partial charge >= 0.3 is 5.97 Å². The highest BCUT2D eigenvalue weighted by Crippen LogP contribution is 2.06. The van der Waals surface area contributed by atoms with E-state index in [2.05, 4.69) is 0 Å². The van der Waals surface area contributed by atoms with Crippen molar-refractivity contribution in [2.45, 2.75) is 20.0 Å². The summed E-state index contributed by atoms with van der Waals surface area (Å²) in [6.07, 6.45) is 0.811. The molecule has 0 bridgehead atoms. The third-order valence-electron chi connectivity index (χ3n) is 1.78. The summed E-state index contributed by atoms with van der Waals surface area (Å²) < 4.78 is 4.96. The molecular weight excluding hydrogens is 180 g/mol. The van der Waals surface area contributed by atoms with E-state index in [1.807, 2.05) is 6.92 Å². The van der Waals surface area contributed by atoms with E-state index < -0.39 is 0 Å². The Labute approximate surface area is 83.3 Å². The minimum atomic E-state index is -0.331. The number of carbonyl (C=O) groups is 1. The first-order valence-corrected chi connectivity index (χ1v) is 4.65. The van der Waals surface area contributed by atoms with Crippen LogP contribution >= 0.6 is 0 Å². The number of ether oxygens (including phenoxy) is 1. The summed E-state index contributed by atoms with van der Waals surface area (Å²) in [6, 6.07) is 6.81. The summed E-state index contributed by atoms with van der Waals surface area (Å²) in [5.41, 5.74) is 1.21. The second-order valence-corrected chi connectivity index (χ2v) is 2.99. The van der Waals surface area contributed by atoms with Gasteiger partial charge in [-0.3, -0.25) is 0 Å². The fraction of sp³-hybridized carbons (Fsp3) is 0.364. The molecule has 76 valence electrons. The zero-order valence-electron chi connectivity index (χ0n) is 8.19. The van der Waals surface area contributed by atoms with Gasteiger partial charge in [0, 0.05) is 0 Å². The number of aliphatic hydroxyl groups is 1. The van der Waals surface area contributed by atoms with Crippen molar-refractivity contribution in [1.82, 2.24) is 0 Å². The molecule has 0 spiro atoms. The molecule has 0 aliphatic carbocycles. The number of benzene rings is 1. The monoisotopic (exact) mass is 194 g/mol. The normalized spacial score (nSPS) is 9.86. The summed E-state index contributed by atoms with van der Waals surface area (Å²) in [5.74, 6) is -0.331. The van der Waals surface area contributed by atoms with E-state index >= 15 is 0 Å². The average molecular weight is 194 g/mol. The van der Waals surface area contributed by atoms with Crippen LogP contribution in [-0.2, 0) is 11.3 Å². The standard InChI is InChI=1S/C11H14O3/c1-2-6-14-11(13)10-5-3-4-9(7-10)8-12/h3-5,7,12H,2,6,8H2,1H3. The Bertz CT molecular complexity index is 307. The highest BCUT2D eigenvalue weighted by molar-refractivity contribution is 5.89. The van der Waals surface area contributed by atoms with Crippen LogP contribution in [0.1, 0.15) is 29.3 Å². The molecule has 0 unspecified atom stereocenters. The third-order valence-corrected chi connectivity index (χ3v) is 1.78. The van der Waals surface area contributed by atoms with Crippen molar-refractivity contribution >= 4 is 5.97 Å². The van der Waals surface area contributed by atoms with Crippen LogP contribution in [0.3, 0.4) is 0 Å². The molecule has 0 saturated carbocycles. The smallest absolute Gasteiger partial charge is 0.338 e. The van der Waals surface area contributed by atoms with Crippen molar-refractivity contribution in [3.8, 4) is 0 Å². The van der Waals surface area contributed by atoms with E-state index in [0.717, 1.165) is 12.0 Å². The van der Waals surface area contributed by atoms with Gasteiger partial charge in [-0.1, -0.05) is 19.1 Å². The maximum atomic E-state index is 11.4. The number of esters is 1. The number of rotatable bonds is 4. The van der Waals surface area contributed by atoms with E-state index in [1.54, 1.807) is 24.3 Å². The van der Waals surface area contributed by atoms with Crippen molar-refractivity contribution in [2.75, 3.05) is 6.61 Å². The van der Waals surface area contributed by atoms with Crippen molar-refractivity contribution in [1.29, 1.82) is 0 Å². The third kappa shape index (κ3) is 2.85. The molecule has 0 aliphatic rings. The average Bonchev–Trinajstić information content (AvgIpc) is 2.26. The molecule has 0 radical (unpaired) electrons. The maximum Gasteiger partial charge on any atom is 0.338 e. The summed E-state index contributed by atoms with van der Waals surface area (Å²) in [6.45, 7) is 2.31. The zero-order chi connectivity index (χ0) is 10.4. The van der Waals surface area contributed by atoms with Gasteiger partial charge in [-0.05, 0) is 24.1 Å². The SMILES string of the molecule is CCCOC(=O)c1cccc(CO)c1. The molecule has 1 N–H and O–H groups in total. The van der Waals surface area contributed by atoms with Gasteiger partial charge in [-0.15, -0.1) is 0 Å². The first-order valence-electron chi connectivity index (χ1n) is 4.65. The minimum Gasteiger partial charge on any atom is -0.462 e. The van der Waals surface area contributed by atoms with Crippen LogP contribution in [0.25, 0.3) is 0 Å². The molecule has 0 fully saturated rings. The maximum absolute atomic E-state index is 11.4. The van der Waals surface area contributed by atoms with Crippen molar-refractivity contribution in [3.63, 3.8) is 0 Å². The van der Waals surface area contributed by atoms with E-state index in [4.69, 9.17) is 9.84 Å². The van der Waals surface area contributed by atoms with E-state index in [-0.39, 0.29) is 12.6 Å². The summed E-state index contributed by atoms with van der Waals surface area (Å²) >= 11 is 0. The molecular formula is C11H14O3. The summed E-state index contributed by atoms with van der Waals surface area (Å²) in [7, 11) is 0. The van der Waals surface area contributed by atoms with E-state index in [9.17, 15) is 4.79 Å². The minimum absolute atomic E-state index is 0.0606. The highest BCUT2D eigenvalue weighted by atomic mass is 16.5. The van der Waals surface area contributed by atoms with Crippen molar-refractivity contribution in [3.05, 3.63) is 35.4 Å². The molecule has 0 aromatic heterocycles. The van der Waals surface area contributed by atoms with Gasteiger partial charge in [0.1, 0.15) is 0 Å². The Morgan fingerprint density at radius 2 is 2.29 bits per heavy atom. The largest absolute Gasteiger partial charge is 0.462 e. The van der Waals surface area contributed by atoms with Crippen LogP contribution < -0.4 is 0 Å². The molecule has 3 nitrogen and oxygen atoms in total. The molecule has 1 rings (SSSR count). The van der Waals surface area contributed by atoms with Crippen LogP contribution in [0, 0.1) is 0 Å². The van der Waals surface area contributed by atoms with Gasteiger partial charge in [0.2, 0.25) is 0 Å². The van der Waals surface area contributed by atoms with E-state index in [0.29, 0.717) is 12.2 Å². The Balaban J connectivity index is 2.69. The van der Waals surface area contributed by atoms with Crippen molar-refractivity contribution in [2.24, 2.45) is 0 Å². The fourth-order valence-corrected chi connectivity index (χ4v) is 1.07. The lowest BCUT2D eigenvalue weighted by atomic mass is 10.1. The quantitative estimate of drug-likeness (QED) is 0.743. The number of hydrogen-bond donors (Lipinski definition) is 1. The summed E-state index contributed by atoms with van der Waals surface area (Å²) in [5, 5.41) is 8.87. The van der Waals surface area contributed by atoms with Gasteiger partial charge in [0.25, 0.3) is 0 Å². The lowest BCUT2D eigenvalue weighted by Gasteiger charge is -2.03. The fourth-order valence-electron chi connectivity index (χ4n) is 1.07. The highest BCUT2D eigenvalue weighted by Gasteiger charge is 2.06. The topological polar surface area (TPSA) is 46.5 Å². The van der Waals surface area contributed by atoms with Gasteiger partial charge in [-0.25, -0.2) is 4.79 Å². The lowest BCUT2D eigenvalue weighted by molar-refractivity contribution is 0.0505. The van der Waals surface area contributed by atoms with Gasteiger partial charge in [0.15, 0.2) is 0 Å². The first-order chi connectivity index (χ1) is 6.77. The van der Waals surface area contributed by atoms with Gasteiger partial charge in [-0.2, -0.15) is 0 Å². The molecule has 0 aliphatic heterocycles. The molecule has 0 atom stereocenters. The Hall–Kier alpha value is -1.35. The van der Waals surface area contributed by atoms with Gasteiger partial charge < -0.3 is 9.84 Å². The Morgan fingerprint density at radius 3 is 2.93 bits per heavy atom. The van der Waals surface area contributed by atoms with Gasteiger partial charge in [0.05, 0.1) is 18.8 Å². The molecule has 3 heteroatoms. The van der Waals surface area contributed by atoms with E-state index in [1.165, 1.54) is 0 Å². The molecule has 1 aromatic rings. The molecule has 0 saturated heterocycles. The lowest BCUT2D eigenvalue weighted by Crippen LogP contribution is -2.06.